The van der Waals surface area contributed by atoms with Crippen molar-refractivity contribution in [3.8, 4) is 5.88 Å². The van der Waals surface area contributed by atoms with Gasteiger partial charge < -0.3 is 10.2 Å². The Morgan fingerprint density at radius 2 is 2.00 bits per heavy atom. The van der Waals surface area contributed by atoms with E-state index < -0.39 is 5.97 Å². The molecule has 1 aromatic heterocycles. The fraction of sp³-hybridized carbons (Fsp3) is 0.0909. The Hall–Kier alpha value is -1.66. The van der Waals surface area contributed by atoms with E-state index >= 15 is 0 Å². The van der Waals surface area contributed by atoms with Crippen molar-refractivity contribution in [1.82, 2.24) is 4.57 Å². The first kappa shape index (κ1) is 11.8. The predicted octanol–water partition coefficient (Wildman–Crippen LogP) is 2.73. The fourth-order valence-corrected chi connectivity index (χ4v) is 2.33. The second kappa shape index (κ2) is 4.68. The lowest BCUT2D eigenvalue weighted by Crippen LogP contribution is -2.00. The average molecular weight is 267 g/mol. The molecular formula is C11H9NO3S2. The molecule has 2 N–H and O–H groups in total. The molecule has 2 aromatic rings. The maximum absolute atomic E-state index is 10.7. The topological polar surface area (TPSA) is 62.5 Å². The van der Waals surface area contributed by atoms with Crippen molar-refractivity contribution in [2.45, 2.75) is 6.54 Å². The number of rotatable bonds is 3. The molecule has 0 saturated heterocycles. The van der Waals surface area contributed by atoms with Crippen molar-refractivity contribution in [2.75, 3.05) is 0 Å². The summed E-state index contributed by atoms with van der Waals surface area (Å²) in [5.74, 6) is -0.825. The van der Waals surface area contributed by atoms with Gasteiger partial charge >= 0.3 is 5.97 Å². The number of aromatic hydroxyl groups is 1. The van der Waals surface area contributed by atoms with Gasteiger partial charge in [0, 0.05) is 0 Å². The molecule has 0 radical (unpaired) electrons. The van der Waals surface area contributed by atoms with Crippen molar-refractivity contribution in [2.24, 2.45) is 0 Å². The van der Waals surface area contributed by atoms with E-state index in [1.807, 2.05) is 0 Å². The van der Waals surface area contributed by atoms with Crippen LogP contribution in [0.3, 0.4) is 0 Å². The highest BCUT2D eigenvalue weighted by Crippen LogP contribution is 2.19. The van der Waals surface area contributed by atoms with E-state index in [2.05, 4.69) is 0 Å². The lowest BCUT2D eigenvalue weighted by atomic mass is 10.1. The van der Waals surface area contributed by atoms with Gasteiger partial charge in [-0.2, -0.15) is 0 Å². The standard InChI is InChI=1S/C11H9NO3S2/c13-9-6-17-11(16)12(9)5-7-1-3-8(4-2-7)10(14)15/h1-4,6,13H,5H2,(H,14,15). The Morgan fingerprint density at radius 3 is 2.47 bits per heavy atom. The van der Waals surface area contributed by atoms with Crippen LogP contribution in [0.1, 0.15) is 15.9 Å². The highest BCUT2D eigenvalue weighted by atomic mass is 32.1. The first-order valence-electron chi connectivity index (χ1n) is 4.77. The largest absolute Gasteiger partial charge is 0.494 e. The van der Waals surface area contributed by atoms with E-state index in [4.69, 9.17) is 17.3 Å². The molecular weight excluding hydrogens is 258 g/mol. The number of nitrogens with zero attached hydrogens (tertiary/aromatic N) is 1. The van der Waals surface area contributed by atoms with Crippen molar-refractivity contribution in [1.29, 1.82) is 0 Å². The summed E-state index contributed by atoms with van der Waals surface area (Å²) in [6, 6.07) is 6.49. The van der Waals surface area contributed by atoms with E-state index in [0.29, 0.717) is 10.5 Å². The van der Waals surface area contributed by atoms with Crippen LogP contribution in [-0.4, -0.2) is 20.7 Å². The van der Waals surface area contributed by atoms with E-state index in [1.54, 1.807) is 22.1 Å². The first-order valence-corrected chi connectivity index (χ1v) is 6.06. The summed E-state index contributed by atoms with van der Waals surface area (Å²) in [5, 5.41) is 19.9. The summed E-state index contributed by atoms with van der Waals surface area (Å²) < 4.78 is 2.18. The van der Waals surface area contributed by atoms with E-state index in [0.717, 1.165) is 5.56 Å². The molecule has 17 heavy (non-hydrogen) atoms. The van der Waals surface area contributed by atoms with Crippen LogP contribution in [0.25, 0.3) is 0 Å². The molecule has 1 heterocycles. The minimum Gasteiger partial charge on any atom is -0.494 e. The molecule has 0 bridgehead atoms. The molecule has 1 aromatic carbocycles. The van der Waals surface area contributed by atoms with Crippen LogP contribution in [0.5, 0.6) is 5.88 Å². The maximum Gasteiger partial charge on any atom is 0.335 e. The van der Waals surface area contributed by atoms with Gasteiger partial charge in [0.25, 0.3) is 0 Å². The van der Waals surface area contributed by atoms with E-state index in [9.17, 15) is 9.90 Å². The molecule has 0 unspecified atom stereocenters. The smallest absolute Gasteiger partial charge is 0.335 e. The van der Waals surface area contributed by atoms with Crippen LogP contribution in [-0.2, 0) is 6.54 Å². The van der Waals surface area contributed by atoms with Crippen molar-refractivity contribution >= 4 is 29.5 Å². The van der Waals surface area contributed by atoms with Gasteiger partial charge in [0.2, 0.25) is 5.88 Å². The van der Waals surface area contributed by atoms with Crippen LogP contribution >= 0.6 is 23.6 Å². The van der Waals surface area contributed by atoms with Crippen LogP contribution in [0.15, 0.2) is 29.6 Å². The molecule has 0 amide bonds. The number of benzene rings is 1. The summed E-state index contributed by atoms with van der Waals surface area (Å²) in [4.78, 5) is 10.7. The van der Waals surface area contributed by atoms with Crippen molar-refractivity contribution < 1.29 is 15.0 Å². The summed E-state index contributed by atoms with van der Waals surface area (Å²) in [5.41, 5.74) is 1.13. The van der Waals surface area contributed by atoms with E-state index in [-0.39, 0.29) is 11.4 Å². The van der Waals surface area contributed by atoms with Gasteiger partial charge in [-0.25, -0.2) is 4.79 Å². The second-order valence-corrected chi connectivity index (χ2v) is 4.95. The van der Waals surface area contributed by atoms with Gasteiger partial charge in [0.05, 0.1) is 17.5 Å². The Labute approximate surface area is 106 Å². The van der Waals surface area contributed by atoms with Crippen LogP contribution in [0.4, 0.5) is 0 Å². The summed E-state index contributed by atoms with van der Waals surface area (Å²) in [7, 11) is 0. The third kappa shape index (κ3) is 2.54. The molecule has 4 nitrogen and oxygen atoms in total. The van der Waals surface area contributed by atoms with Gasteiger partial charge in [-0.1, -0.05) is 12.1 Å². The number of hydrogen-bond donors (Lipinski definition) is 2. The Kier molecular flexibility index (Phi) is 3.26. The number of thiazole rings is 1. The zero-order chi connectivity index (χ0) is 12.4. The predicted molar refractivity (Wildman–Crippen MR) is 67.3 cm³/mol. The first-order chi connectivity index (χ1) is 8.08. The van der Waals surface area contributed by atoms with Crippen LogP contribution in [0, 0.1) is 3.95 Å². The third-order valence-electron chi connectivity index (χ3n) is 2.30. The summed E-state index contributed by atoms with van der Waals surface area (Å²) in [6.45, 7) is 0.439. The molecule has 0 fully saturated rings. The highest BCUT2D eigenvalue weighted by molar-refractivity contribution is 7.73. The Bertz CT molecular complexity index is 598. The van der Waals surface area contributed by atoms with Gasteiger partial charge in [-0.3, -0.25) is 4.57 Å². The minimum absolute atomic E-state index is 0.127. The van der Waals surface area contributed by atoms with Gasteiger partial charge in [0.15, 0.2) is 3.95 Å². The van der Waals surface area contributed by atoms with Crippen molar-refractivity contribution in [3.63, 3.8) is 0 Å². The third-order valence-corrected chi connectivity index (χ3v) is 3.56. The number of aromatic carboxylic acids is 1. The van der Waals surface area contributed by atoms with Crippen molar-refractivity contribution in [3.05, 3.63) is 44.7 Å². The molecule has 2 rings (SSSR count). The Morgan fingerprint density at radius 1 is 1.35 bits per heavy atom. The number of carboxylic acid groups (broad SMARTS) is 1. The fourth-order valence-electron chi connectivity index (χ4n) is 1.40. The van der Waals surface area contributed by atoms with Gasteiger partial charge in [0.1, 0.15) is 0 Å². The molecule has 0 spiro atoms. The second-order valence-electron chi connectivity index (χ2n) is 3.45. The van der Waals surface area contributed by atoms with Crippen LogP contribution < -0.4 is 0 Å². The SMILES string of the molecule is O=C(O)c1ccc(Cn2c(O)csc2=S)cc1. The quantitative estimate of drug-likeness (QED) is 0.839. The molecule has 0 aliphatic carbocycles. The molecule has 6 heteroatoms. The zero-order valence-electron chi connectivity index (χ0n) is 8.66. The summed E-state index contributed by atoms with van der Waals surface area (Å²) >= 11 is 6.36. The van der Waals surface area contributed by atoms with Crippen LogP contribution in [0.2, 0.25) is 0 Å². The lowest BCUT2D eigenvalue weighted by molar-refractivity contribution is 0.0697. The maximum atomic E-state index is 10.7. The molecule has 0 aliphatic rings. The average Bonchev–Trinajstić information content (AvgIpc) is 2.61. The lowest BCUT2D eigenvalue weighted by Gasteiger charge is -2.04. The number of carboxylic acids is 1. The number of carbonyl (C=O) groups is 1. The molecule has 0 saturated carbocycles. The van der Waals surface area contributed by atoms with Gasteiger partial charge in [-0.05, 0) is 29.9 Å². The highest BCUT2D eigenvalue weighted by Gasteiger charge is 2.05. The monoisotopic (exact) mass is 267 g/mol. The Balaban J connectivity index is 2.25. The molecule has 0 atom stereocenters. The molecule has 88 valence electrons. The number of aromatic nitrogens is 1. The summed E-state index contributed by atoms with van der Waals surface area (Å²) in [6.07, 6.45) is 0. The van der Waals surface area contributed by atoms with E-state index in [1.165, 1.54) is 23.5 Å². The molecule has 0 aliphatic heterocycles. The number of hydrogen-bond acceptors (Lipinski definition) is 4. The zero-order valence-corrected chi connectivity index (χ0v) is 10.3. The normalized spacial score (nSPS) is 10.4. The minimum atomic E-state index is -0.952. The van der Waals surface area contributed by atoms with Gasteiger partial charge in [-0.15, -0.1) is 11.3 Å².